The number of non-ortho nitro benzene ring substituents is 1. The molecule has 2 unspecified atom stereocenters. The lowest BCUT2D eigenvalue weighted by molar-refractivity contribution is -0.394. The van der Waals surface area contributed by atoms with E-state index in [1.54, 1.807) is 6.07 Å². The number of hydrogen-bond donors (Lipinski definition) is 0. The van der Waals surface area contributed by atoms with Crippen molar-refractivity contribution in [3.8, 4) is 11.5 Å². The first kappa shape index (κ1) is 24.4. The molecule has 1 spiro atoms. The highest BCUT2D eigenvalue weighted by Gasteiger charge is 2.47. The molecule has 3 aliphatic carbocycles. The average molecular weight is 508 g/mol. The monoisotopic (exact) mass is 507 g/mol. The molecule has 4 bridgehead atoms. The topological polar surface area (TPSA) is 97.1 Å². The molecule has 196 valence electrons. The molecule has 5 aliphatic rings. The van der Waals surface area contributed by atoms with Gasteiger partial charge in [0.05, 0.1) is 11.0 Å². The molecule has 5 fully saturated rings. The van der Waals surface area contributed by atoms with Crippen molar-refractivity contribution >= 4 is 11.8 Å². The summed E-state index contributed by atoms with van der Waals surface area (Å²) in [6.45, 7) is 0. The van der Waals surface area contributed by atoms with Crippen molar-refractivity contribution in [2.75, 3.05) is 0 Å². The standard InChI is InChI=1S/C29H33NO7/c31-28(34-25-8-6-24(7-9-25)30(32)33)35-26-5-1-3-22(16-26)23-4-2-10-29(18-23)17-21-12-19-11-20(13-21)15-27(14-19)36-37-29/h1,3,5-9,16,19-21,23,27H,2,4,10-15,17-18H2/t19?,20?,21?,23-,27?,29+/m1/s1. The summed E-state index contributed by atoms with van der Waals surface area (Å²) < 4.78 is 10.6. The maximum atomic E-state index is 12.4. The molecular weight excluding hydrogens is 474 g/mol. The van der Waals surface area contributed by atoms with Crippen molar-refractivity contribution in [3.05, 3.63) is 64.2 Å². The number of nitrogens with zero attached hydrogens (tertiary/aromatic N) is 1. The number of nitro groups is 1. The van der Waals surface area contributed by atoms with E-state index >= 15 is 0 Å². The van der Waals surface area contributed by atoms with E-state index in [0.717, 1.165) is 62.3 Å². The molecule has 2 saturated heterocycles. The fourth-order valence-corrected chi connectivity index (χ4v) is 7.45. The van der Waals surface area contributed by atoms with Gasteiger partial charge in [0.2, 0.25) is 0 Å². The Kier molecular flexibility index (Phi) is 6.63. The van der Waals surface area contributed by atoms with E-state index in [0.29, 0.717) is 17.6 Å². The van der Waals surface area contributed by atoms with Gasteiger partial charge in [-0.3, -0.25) is 10.1 Å². The molecule has 0 radical (unpaired) electrons. The molecular formula is C29H33NO7. The normalized spacial score (nSPS) is 32.8. The summed E-state index contributed by atoms with van der Waals surface area (Å²) >= 11 is 0. The van der Waals surface area contributed by atoms with Gasteiger partial charge < -0.3 is 9.47 Å². The largest absolute Gasteiger partial charge is 0.519 e. The molecule has 3 saturated carbocycles. The van der Waals surface area contributed by atoms with E-state index in [9.17, 15) is 14.9 Å². The molecule has 0 amide bonds. The van der Waals surface area contributed by atoms with Crippen molar-refractivity contribution in [1.29, 1.82) is 0 Å². The first-order chi connectivity index (χ1) is 17.9. The number of carbonyl (C=O) groups is 1. The van der Waals surface area contributed by atoms with Gasteiger partial charge in [0.15, 0.2) is 0 Å². The number of ether oxygens (including phenoxy) is 2. The molecule has 0 N–H and O–H groups in total. The summed E-state index contributed by atoms with van der Waals surface area (Å²) in [7, 11) is 0. The molecule has 7 rings (SSSR count). The Balaban J connectivity index is 1.12. The Labute approximate surface area is 216 Å². The van der Waals surface area contributed by atoms with Crippen LogP contribution in [-0.4, -0.2) is 22.8 Å². The van der Waals surface area contributed by atoms with Gasteiger partial charge in [-0.2, -0.15) is 0 Å². The summed E-state index contributed by atoms with van der Waals surface area (Å²) in [6.07, 6.45) is 10.8. The van der Waals surface area contributed by atoms with Crippen LogP contribution >= 0.6 is 0 Å². The van der Waals surface area contributed by atoms with Crippen LogP contribution in [0.3, 0.4) is 0 Å². The number of nitro benzene ring substituents is 1. The maximum Gasteiger partial charge on any atom is 0.519 e. The Bertz CT molecular complexity index is 1140. The number of rotatable bonds is 4. The van der Waals surface area contributed by atoms with E-state index in [1.807, 2.05) is 12.1 Å². The lowest BCUT2D eigenvalue weighted by Crippen LogP contribution is -2.40. The molecule has 8 nitrogen and oxygen atoms in total. The second kappa shape index (κ2) is 10.1. The van der Waals surface area contributed by atoms with Crippen LogP contribution in [0.5, 0.6) is 11.5 Å². The van der Waals surface area contributed by atoms with E-state index in [2.05, 4.69) is 6.07 Å². The van der Waals surface area contributed by atoms with Crippen LogP contribution in [-0.2, 0) is 9.78 Å². The summed E-state index contributed by atoms with van der Waals surface area (Å²) in [5.74, 6) is 3.18. The zero-order valence-corrected chi connectivity index (χ0v) is 20.9. The third kappa shape index (κ3) is 5.50. The molecule has 4 atom stereocenters. The van der Waals surface area contributed by atoms with E-state index in [1.165, 1.54) is 43.5 Å². The van der Waals surface area contributed by atoms with E-state index in [4.69, 9.17) is 19.2 Å². The quantitative estimate of drug-likeness (QED) is 0.143. The molecule has 37 heavy (non-hydrogen) atoms. The van der Waals surface area contributed by atoms with E-state index < -0.39 is 11.1 Å². The zero-order chi connectivity index (χ0) is 25.4. The Hall–Kier alpha value is -2.97. The van der Waals surface area contributed by atoms with Crippen LogP contribution < -0.4 is 9.47 Å². The van der Waals surface area contributed by atoms with Crippen LogP contribution in [0.4, 0.5) is 10.5 Å². The molecule has 2 aromatic rings. The summed E-state index contributed by atoms with van der Waals surface area (Å²) in [5, 5.41) is 10.8. The van der Waals surface area contributed by atoms with Crippen molar-refractivity contribution in [3.63, 3.8) is 0 Å². The minimum atomic E-state index is -0.884. The minimum Gasteiger partial charge on any atom is -0.395 e. The van der Waals surface area contributed by atoms with Gasteiger partial charge in [-0.15, -0.1) is 0 Å². The van der Waals surface area contributed by atoms with Crippen molar-refractivity contribution in [1.82, 2.24) is 0 Å². The van der Waals surface area contributed by atoms with E-state index in [-0.39, 0.29) is 23.1 Å². The van der Waals surface area contributed by atoms with Gasteiger partial charge in [-0.05, 0) is 118 Å². The summed E-state index contributed by atoms with van der Waals surface area (Å²) in [4.78, 5) is 35.2. The second-order valence-corrected chi connectivity index (χ2v) is 11.5. The SMILES string of the molecule is O=C(Oc1ccc([N+](=O)[O-])cc1)Oc1cccc([C@@H]2CCC[C@]3(CC4CC5CC(C4)CC(C5)OO3)C2)c1. The third-order valence-corrected chi connectivity index (χ3v) is 8.80. The lowest BCUT2D eigenvalue weighted by atomic mass is 9.63. The molecule has 0 aromatic heterocycles. The van der Waals surface area contributed by atoms with Crippen LogP contribution in [0.2, 0.25) is 0 Å². The highest BCUT2D eigenvalue weighted by Crippen LogP contribution is 2.52. The summed E-state index contributed by atoms with van der Waals surface area (Å²) in [5.41, 5.74) is 0.792. The third-order valence-electron chi connectivity index (χ3n) is 8.80. The second-order valence-electron chi connectivity index (χ2n) is 11.5. The first-order valence-corrected chi connectivity index (χ1v) is 13.5. The molecule has 2 heterocycles. The van der Waals surface area contributed by atoms with Gasteiger partial charge in [-0.25, -0.2) is 14.6 Å². The Morgan fingerprint density at radius 2 is 1.65 bits per heavy atom. The highest BCUT2D eigenvalue weighted by molar-refractivity contribution is 5.67. The summed E-state index contributed by atoms with van der Waals surface area (Å²) in [6, 6.07) is 12.9. The predicted molar refractivity (Wildman–Crippen MR) is 134 cm³/mol. The fourth-order valence-electron chi connectivity index (χ4n) is 7.45. The number of fused-ring (bicyclic) bond motifs is 1. The van der Waals surface area contributed by atoms with Crippen molar-refractivity contribution in [2.24, 2.45) is 17.8 Å². The van der Waals surface area contributed by atoms with Gasteiger partial charge in [0.25, 0.3) is 5.69 Å². The number of carbonyl (C=O) groups excluding carboxylic acids is 1. The molecule has 8 heteroatoms. The highest BCUT2D eigenvalue weighted by atomic mass is 17.2. The molecule has 2 aliphatic heterocycles. The van der Waals surface area contributed by atoms with Gasteiger partial charge >= 0.3 is 6.16 Å². The van der Waals surface area contributed by atoms with Crippen LogP contribution in [0.1, 0.15) is 75.7 Å². The number of benzene rings is 2. The smallest absolute Gasteiger partial charge is 0.395 e. The van der Waals surface area contributed by atoms with Crippen LogP contribution in [0.15, 0.2) is 48.5 Å². The maximum absolute atomic E-state index is 12.4. The van der Waals surface area contributed by atoms with Gasteiger partial charge in [0, 0.05) is 12.1 Å². The average Bonchev–Trinajstić information content (AvgIpc) is 2.95. The van der Waals surface area contributed by atoms with Crippen molar-refractivity contribution < 1.29 is 29.0 Å². The zero-order valence-electron chi connectivity index (χ0n) is 20.9. The van der Waals surface area contributed by atoms with Gasteiger partial charge in [-0.1, -0.05) is 12.1 Å². The number of hydrogen-bond acceptors (Lipinski definition) is 7. The lowest BCUT2D eigenvalue weighted by Gasteiger charge is -2.43. The van der Waals surface area contributed by atoms with Crippen molar-refractivity contribution in [2.45, 2.75) is 81.8 Å². The Morgan fingerprint density at radius 1 is 0.919 bits per heavy atom. The predicted octanol–water partition coefficient (Wildman–Crippen LogP) is 7.12. The van der Waals surface area contributed by atoms with Crippen LogP contribution in [0, 0.1) is 27.9 Å². The van der Waals surface area contributed by atoms with Crippen LogP contribution in [0.25, 0.3) is 0 Å². The Morgan fingerprint density at radius 3 is 2.41 bits per heavy atom. The molecule has 2 aromatic carbocycles. The fraction of sp³-hybridized carbons (Fsp3) is 0.552. The van der Waals surface area contributed by atoms with Gasteiger partial charge in [0.1, 0.15) is 17.1 Å². The first-order valence-electron chi connectivity index (χ1n) is 13.5. The minimum absolute atomic E-state index is 0.0757.